The lowest BCUT2D eigenvalue weighted by Gasteiger charge is -2.14. The van der Waals surface area contributed by atoms with E-state index in [-0.39, 0.29) is 22.3 Å². The number of methoxy groups -OCH3 is 2. The summed E-state index contributed by atoms with van der Waals surface area (Å²) in [6, 6.07) is 7.13. The number of carbonyl (C=O) groups excluding carboxylic acids is 1. The highest BCUT2D eigenvalue weighted by molar-refractivity contribution is 7.89. The van der Waals surface area contributed by atoms with Crippen LogP contribution in [-0.4, -0.2) is 39.6 Å². The number of hydrogen-bond acceptors (Lipinski definition) is 6. The van der Waals surface area contributed by atoms with E-state index in [9.17, 15) is 13.2 Å². The largest absolute Gasteiger partial charge is 0.495 e. The molecular weight excluding hydrogens is 358 g/mol. The average molecular weight is 379 g/mol. The lowest BCUT2D eigenvalue weighted by molar-refractivity contribution is 0.102. The van der Waals surface area contributed by atoms with E-state index < -0.39 is 15.9 Å². The van der Waals surface area contributed by atoms with E-state index in [1.807, 2.05) is 0 Å². The second-order valence-corrected chi connectivity index (χ2v) is 7.37. The van der Waals surface area contributed by atoms with E-state index in [1.54, 1.807) is 26.0 Å². The fourth-order valence-corrected chi connectivity index (χ4v) is 3.63. The molecule has 0 spiro atoms. The maximum Gasteiger partial charge on any atom is 0.255 e. The van der Waals surface area contributed by atoms with Gasteiger partial charge in [-0.3, -0.25) is 4.79 Å². The molecule has 0 aliphatic carbocycles. The van der Waals surface area contributed by atoms with E-state index in [1.165, 1.54) is 38.6 Å². The molecule has 0 saturated heterocycles. The summed E-state index contributed by atoms with van der Waals surface area (Å²) in [5.74, 6) is 0.0991. The third-order valence-electron chi connectivity index (χ3n) is 3.31. The molecule has 8 nitrogen and oxygen atoms in total. The van der Waals surface area contributed by atoms with Crippen molar-refractivity contribution in [2.75, 3.05) is 19.5 Å². The first-order valence-corrected chi connectivity index (χ1v) is 9.27. The zero-order valence-corrected chi connectivity index (χ0v) is 15.8. The number of aromatic nitrogens is 1. The first-order valence-electron chi connectivity index (χ1n) is 7.78. The average Bonchev–Trinajstić information content (AvgIpc) is 2.60. The van der Waals surface area contributed by atoms with Gasteiger partial charge in [0.25, 0.3) is 5.91 Å². The molecule has 0 aliphatic heterocycles. The van der Waals surface area contributed by atoms with Crippen LogP contribution in [0.15, 0.2) is 41.4 Å². The van der Waals surface area contributed by atoms with Gasteiger partial charge in [-0.1, -0.05) is 0 Å². The number of hydrogen-bond donors (Lipinski definition) is 2. The Balaban J connectivity index is 2.31. The quantitative estimate of drug-likeness (QED) is 0.762. The Morgan fingerprint density at radius 2 is 1.85 bits per heavy atom. The normalized spacial score (nSPS) is 11.3. The minimum Gasteiger partial charge on any atom is -0.495 e. The van der Waals surface area contributed by atoms with E-state index in [0.29, 0.717) is 11.6 Å². The highest BCUT2D eigenvalue weighted by Gasteiger charge is 2.22. The summed E-state index contributed by atoms with van der Waals surface area (Å²) >= 11 is 0. The van der Waals surface area contributed by atoms with Crippen molar-refractivity contribution in [3.05, 3.63) is 42.1 Å². The molecule has 0 atom stereocenters. The zero-order chi connectivity index (χ0) is 19.3. The molecule has 0 radical (unpaired) electrons. The third-order valence-corrected chi connectivity index (χ3v) is 4.99. The van der Waals surface area contributed by atoms with Crippen LogP contribution in [0.3, 0.4) is 0 Å². The molecule has 1 aromatic carbocycles. The molecule has 0 saturated carbocycles. The molecule has 1 amide bonds. The molecule has 1 heterocycles. The molecule has 0 unspecified atom stereocenters. The number of sulfonamides is 1. The van der Waals surface area contributed by atoms with Crippen LogP contribution in [0.25, 0.3) is 0 Å². The third kappa shape index (κ3) is 4.70. The van der Waals surface area contributed by atoms with Crippen LogP contribution in [0.5, 0.6) is 11.6 Å². The fourth-order valence-electron chi connectivity index (χ4n) is 2.18. The van der Waals surface area contributed by atoms with Crippen molar-refractivity contribution >= 4 is 21.6 Å². The van der Waals surface area contributed by atoms with Crippen molar-refractivity contribution in [2.24, 2.45) is 0 Å². The lowest BCUT2D eigenvalue weighted by Crippen LogP contribution is -2.30. The topological polar surface area (TPSA) is 107 Å². The Morgan fingerprint density at radius 3 is 2.38 bits per heavy atom. The molecule has 1 aromatic heterocycles. The predicted molar refractivity (Wildman–Crippen MR) is 97.2 cm³/mol. The minimum absolute atomic E-state index is 0.103. The van der Waals surface area contributed by atoms with Gasteiger partial charge in [-0.15, -0.1) is 0 Å². The summed E-state index contributed by atoms with van der Waals surface area (Å²) in [5, 5.41) is 2.65. The Hall–Kier alpha value is -2.65. The monoisotopic (exact) mass is 379 g/mol. The van der Waals surface area contributed by atoms with Gasteiger partial charge in [0.2, 0.25) is 15.9 Å². The summed E-state index contributed by atoms with van der Waals surface area (Å²) in [6.45, 7) is 3.41. The van der Waals surface area contributed by atoms with Crippen LogP contribution in [0.2, 0.25) is 0 Å². The predicted octanol–water partition coefficient (Wildman–Crippen LogP) is 2.04. The fraction of sp³-hybridized carbons (Fsp3) is 0.294. The van der Waals surface area contributed by atoms with Gasteiger partial charge in [-0.05, 0) is 38.1 Å². The van der Waals surface area contributed by atoms with Crippen molar-refractivity contribution in [1.82, 2.24) is 9.71 Å². The van der Waals surface area contributed by atoms with Crippen LogP contribution < -0.4 is 19.5 Å². The van der Waals surface area contributed by atoms with E-state index in [0.717, 1.165) is 0 Å². The van der Waals surface area contributed by atoms with Gasteiger partial charge in [0.15, 0.2) is 0 Å². The number of benzene rings is 1. The molecule has 2 aromatic rings. The maximum absolute atomic E-state index is 12.5. The van der Waals surface area contributed by atoms with Crippen molar-refractivity contribution in [3.63, 3.8) is 0 Å². The minimum atomic E-state index is -3.82. The molecule has 0 bridgehead atoms. The van der Waals surface area contributed by atoms with Crippen LogP contribution in [0.4, 0.5) is 5.69 Å². The van der Waals surface area contributed by atoms with Gasteiger partial charge in [-0.2, -0.15) is 0 Å². The second-order valence-electron chi connectivity index (χ2n) is 5.68. The SMILES string of the molecule is COc1ccc(NC(=O)c2ccc(OC)c(S(=O)(=O)NC(C)C)c2)cn1. The van der Waals surface area contributed by atoms with Crippen molar-refractivity contribution in [2.45, 2.75) is 24.8 Å². The van der Waals surface area contributed by atoms with Gasteiger partial charge in [0.1, 0.15) is 10.6 Å². The van der Waals surface area contributed by atoms with E-state index >= 15 is 0 Å². The van der Waals surface area contributed by atoms with Crippen LogP contribution in [-0.2, 0) is 10.0 Å². The standard InChI is InChI=1S/C17H21N3O5S/c1-11(2)20-26(22,23)15-9-12(5-7-14(15)24-3)17(21)19-13-6-8-16(25-4)18-10-13/h5-11,20H,1-4H3,(H,19,21). The highest BCUT2D eigenvalue weighted by atomic mass is 32.2. The first-order chi connectivity index (χ1) is 12.3. The van der Waals surface area contributed by atoms with Gasteiger partial charge in [0.05, 0.1) is 26.1 Å². The number of nitrogens with zero attached hydrogens (tertiary/aromatic N) is 1. The summed E-state index contributed by atoms with van der Waals surface area (Å²) < 4.78 is 37.5. The van der Waals surface area contributed by atoms with Crippen LogP contribution >= 0.6 is 0 Å². The summed E-state index contributed by atoms with van der Waals surface area (Å²) in [4.78, 5) is 16.3. The van der Waals surface area contributed by atoms with Gasteiger partial charge in [-0.25, -0.2) is 18.1 Å². The number of rotatable bonds is 7. The molecule has 26 heavy (non-hydrogen) atoms. The van der Waals surface area contributed by atoms with Crippen LogP contribution in [0, 0.1) is 0 Å². The van der Waals surface area contributed by atoms with Crippen LogP contribution in [0.1, 0.15) is 24.2 Å². The van der Waals surface area contributed by atoms with Gasteiger partial charge >= 0.3 is 0 Å². The Kier molecular flexibility index (Phi) is 6.17. The van der Waals surface area contributed by atoms with E-state index in [2.05, 4.69) is 15.0 Å². The van der Waals surface area contributed by atoms with Crippen molar-refractivity contribution < 1.29 is 22.7 Å². The van der Waals surface area contributed by atoms with Gasteiger partial charge < -0.3 is 14.8 Å². The molecule has 140 valence electrons. The zero-order valence-electron chi connectivity index (χ0n) is 14.9. The molecular formula is C17H21N3O5S. The highest BCUT2D eigenvalue weighted by Crippen LogP contribution is 2.25. The molecule has 2 rings (SSSR count). The number of carbonyl (C=O) groups is 1. The Labute approximate surface area is 152 Å². The number of anilines is 1. The molecule has 9 heteroatoms. The van der Waals surface area contributed by atoms with Gasteiger partial charge in [0, 0.05) is 17.7 Å². The summed E-state index contributed by atoms with van der Waals surface area (Å²) in [6.07, 6.45) is 1.44. The molecule has 0 fully saturated rings. The number of ether oxygens (including phenoxy) is 2. The number of pyridine rings is 1. The summed E-state index contributed by atoms with van der Waals surface area (Å²) in [7, 11) is -0.965. The summed E-state index contributed by atoms with van der Waals surface area (Å²) in [5.41, 5.74) is 0.627. The second kappa shape index (κ2) is 8.15. The first kappa shape index (κ1) is 19.7. The molecule has 2 N–H and O–H groups in total. The van der Waals surface area contributed by atoms with Crippen molar-refractivity contribution in [3.8, 4) is 11.6 Å². The number of amides is 1. The van der Waals surface area contributed by atoms with Crippen molar-refractivity contribution in [1.29, 1.82) is 0 Å². The van der Waals surface area contributed by atoms with E-state index in [4.69, 9.17) is 9.47 Å². The molecule has 0 aliphatic rings. The lowest BCUT2D eigenvalue weighted by atomic mass is 10.2. The number of nitrogens with one attached hydrogen (secondary N) is 2. The maximum atomic E-state index is 12.5. The Morgan fingerprint density at radius 1 is 1.12 bits per heavy atom. The Bertz CT molecular complexity index is 880. The smallest absolute Gasteiger partial charge is 0.255 e.